The van der Waals surface area contributed by atoms with Gasteiger partial charge in [0.05, 0.1) is 5.60 Å². The van der Waals surface area contributed by atoms with Gasteiger partial charge in [-0.1, -0.05) is 35.2 Å². The van der Waals surface area contributed by atoms with E-state index in [1.165, 1.54) is 9.99 Å². The van der Waals surface area contributed by atoms with Gasteiger partial charge in [0.1, 0.15) is 0 Å². The highest BCUT2D eigenvalue weighted by Gasteiger charge is 2.28. The van der Waals surface area contributed by atoms with Crippen molar-refractivity contribution in [2.75, 3.05) is 11.9 Å². The first-order chi connectivity index (χ1) is 8.09. The van der Waals surface area contributed by atoms with Gasteiger partial charge in [0.2, 0.25) is 0 Å². The number of aliphatic hydroxyl groups is 1. The van der Waals surface area contributed by atoms with Crippen LogP contribution in [-0.2, 0) is 0 Å². The van der Waals surface area contributed by atoms with Crippen LogP contribution in [-0.4, -0.2) is 17.3 Å². The van der Waals surface area contributed by atoms with Gasteiger partial charge in [0.25, 0.3) is 0 Å². The number of anilines is 1. The third-order valence-electron chi connectivity index (χ3n) is 3.32. The van der Waals surface area contributed by atoms with Crippen molar-refractivity contribution in [1.29, 1.82) is 0 Å². The Hall–Kier alpha value is 0.190. The zero-order valence-electron chi connectivity index (χ0n) is 9.68. The van der Waals surface area contributed by atoms with Crippen LogP contribution in [0.2, 0.25) is 0 Å². The Kier molecular flexibility index (Phi) is 4.72. The second kappa shape index (κ2) is 5.89. The smallest absolute Gasteiger partial charge is 0.0819 e. The van der Waals surface area contributed by atoms with E-state index in [0.717, 1.165) is 35.8 Å². The quantitative estimate of drug-likeness (QED) is 0.734. The molecule has 1 aromatic rings. The van der Waals surface area contributed by atoms with Gasteiger partial charge in [-0.15, -0.1) is 0 Å². The number of rotatable bonds is 3. The maximum atomic E-state index is 10.4. The van der Waals surface area contributed by atoms with Crippen LogP contribution in [0.3, 0.4) is 0 Å². The van der Waals surface area contributed by atoms with E-state index in [0.29, 0.717) is 6.54 Å². The van der Waals surface area contributed by atoms with E-state index < -0.39 is 5.60 Å². The van der Waals surface area contributed by atoms with Crippen LogP contribution in [0.1, 0.15) is 32.1 Å². The van der Waals surface area contributed by atoms with Gasteiger partial charge in [-0.2, -0.15) is 0 Å². The van der Waals surface area contributed by atoms with Gasteiger partial charge >= 0.3 is 0 Å². The van der Waals surface area contributed by atoms with Crippen LogP contribution in [0, 0.1) is 3.57 Å². The fraction of sp³-hybridized carbons (Fsp3) is 0.538. The largest absolute Gasteiger partial charge is 0.388 e. The van der Waals surface area contributed by atoms with Crippen LogP contribution in [0.5, 0.6) is 0 Å². The summed E-state index contributed by atoms with van der Waals surface area (Å²) in [4.78, 5) is 0. The maximum absolute atomic E-state index is 10.4. The molecule has 1 aliphatic carbocycles. The van der Waals surface area contributed by atoms with Gasteiger partial charge in [0, 0.05) is 20.3 Å². The molecule has 1 saturated carbocycles. The summed E-state index contributed by atoms with van der Waals surface area (Å²) in [6.45, 7) is 0.652. The molecule has 94 valence electrons. The van der Waals surface area contributed by atoms with Crippen molar-refractivity contribution in [3.63, 3.8) is 0 Å². The van der Waals surface area contributed by atoms with Crippen molar-refractivity contribution in [2.24, 2.45) is 0 Å². The van der Waals surface area contributed by atoms with Crippen LogP contribution in [0.25, 0.3) is 0 Å². The van der Waals surface area contributed by atoms with Crippen LogP contribution in [0.4, 0.5) is 5.69 Å². The van der Waals surface area contributed by atoms with Crippen LogP contribution >= 0.6 is 38.5 Å². The molecule has 1 fully saturated rings. The minimum Gasteiger partial charge on any atom is -0.388 e. The SMILES string of the molecule is OC1(CNc2cc(Br)ccc2I)CCCCC1. The molecule has 1 aromatic carbocycles. The monoisotopic (exact) mass is 409 g/mol. The number of halogens is 2. The molecule has 0 bridgehead atoms. The topological polar surface area (TPSA) is 32.3 Å². The zero-order chi connectivity index (χ0) is 12.3. The normalized spacial score (nSPS) is 19.0. The van der Waals surface area contributed by atoms with Crippen molar-refractivity contribution in [3.8, 4) is 0 Å². The first-order valence-electron chi connectivity index (χ1n) is 6.00. The molecule has 4 heteroatoms. The van der Waals surface area contributed by atoms with E-state index in [2.05, 4.69) is 56.0 Å². The number of benzene rings is 1. The summed E-state index contributed by atoms with van der Waals surface area (Å²) in [6, 6.07) is 6.16. The van der Waals surface area contributed by atoms with Gasteiger partial charge < -0.3 is 10.4 Å². The first kappa shape index (κ1) is 13.6. The molecule has 2 nitrogen and oxygen atoms in total. The zero-order valence-corrected chi connectivity index (χ0v) is 13.4. The minimum absolute atomic E-state index is 0.510. The Morgan fingerprint density at radius 1 is 1.29 bits per heavy atom. The Bertz CT molecular complexity index is 391. The molecule has 0 aliphatic heterocycles. The fourth-order valence-corrected chi connectivity index (χ4v) is 3.17. The van der Waals surface area contributed by atoms with E-state index in [-0.39, 0.29) is 0 Å². The second-order valence-corrected chi connectivity index (χ2v) is 6.84. The van der Waals surface area contributed by atoms with E-state index in [9.17, 15) is 5.11 Å². The molecule has 0 amide bonds. The lowest BCUT2D eigenvalue weighted by Crippen LogP contribution is -2.38. The summed E-state index contributed by atoms with van der Waals surface area (Å²) < 4.78 is 2.25. The third-order valence-corrected chi connectivity index (χ3v) is 4.75. The summed E-state index contributed by atoms with van der Waals surface area (Å²) in [5, 5.41) is 13.8. The van der Waals surface area contributed by atoms with Crippen LogP contribution in [0.15, 0.2) is 22.7 Å². The second-order valence-electron chi connectivity index (χ2n) is 4.76. The van der Waals surface area contributed by atoms with Gasteiger partial charge in [-0.3, -0.25) is 0 Å². The Labute approximate surface area is 124 Å². The Balaban J connectivity index is 1.99. The molecule has 0 spiro atoms. The maximum Gasteiger partial charge on any atom is 0.0819 e. The van der Waals surface area contributed by atoms with Crippen molar-refractivity contribution < 1.29 is 5.11 Å². The Morgan fingerprint density at radius 2 is 2.00 bits per heavy atom. The first-order valence-corrected chi connectivity index (χ1v) is 7.88. The van der Waals surface area contributed by atoms with E-state index in [1.807, 2.05) is 6.07 Å². The average Bonchev–Trinajstić information content (AvgIpc) is 2.31. The van der Waals surface area contributed by atoms with Gasteiger partial charge in [0.15, 0.2) is 0 Å². The molecule has 2 rings (SSSR count). The van der Waals surface area contributed by atoms with Crippen molar-refractivity contribution in [3.05, 3.63) is 26.2 Å². The molecular formula is C13H17BrINO. The predicted octanol–water partition coefficient (Wildman–Crippen LogP) is 4.16. The molecule has 0 unspecified atom stereocenters. The van der Waals surface area contributed by atoms with Crippen LogP contribution < -0.4 is 5.32 Å². The highest BCUT2D eigenvalue weighted by Crippen LogP contribution is 2.29. The standard InChI is InChI=1S/C13H17BrINO/c14-10-4-5-11(15)12(8-10)16-9-13(17)6-2-1-3-7-13/h4-5,8,16-17H,1-3,6-7,9H2. The van der Waals surface area contributed by atoms with Crippen molar-refractivity contribution >= 4 is 44.2 Å². The summed E-state index contributed by atoms with van der Waals surface area (Å²) in [7, 11) is 0. The predicted molar refractivity (Wildman–Crippen MR) is 83.4 cm³/mol. The molecule has 0 saturated heterocycles. The number of nitrogens with one attached hydrogen (secondary N) is 1. The molecule has 2 N–H and O–H groups in total. The summed E-state index contributed by atoms with van der Waals surface area (Å²) >= 11 is 5.78. The molecule has 17 heavy (non-hydrogen) atoms. The average molecular weight is 410 g/mol. The Morgan fingerprint density at radius 3 is 2.71 bits per heavy atom. The van der Waals surface area contributed by atoms with Gasteiger partial charge in [-0.05, 0) is 53.6 Å². The number of hydrogen-bond acceptors (Lipinski definition) is 2. The molecule has 1 aliphatic rings. The number of hydrogen-bond donors (Lipinski definition) is 2. The molecular weight excluding hydrogens is 393 g/mol. The molecule has 0 heterocycles. The lowest BCUT2D eigenvalue weighted by Gasteiger charge is -2.32. The fourth-order valence-electron chi connectivity index (χ4n) is 2.28. The summed E-state index contributed by atoms with van der Waals surface area (Å²) in [6.07, 6.45) is 5.40. The molecule has 0 radical (unpaired) electrons. The third kappa shape index (κ3) is 3.83. The van der Waals surface area contributed by atoms with Crippen molar-refractivity contribution in [2.45, 2.75) is 37.7 Å². The van der Waals surface area contributed by atoms with Gasteiger partial charge in [-0.25, -0.2) is 0 Å². The highest BCUT2D eigenvalue weighted by molar-refractivity contribution is 14.1. The summed E-state index contributed by atoms with van der Waals surface area (Å²) in [5.74, 6) is 0. The van der Waals surface area contributed by atoms with E-state index in [1.54, 1.807) is 0 Å². The van der Waals surface area contributed by atoms with E-state index in [4.69, 9.17) is 0 Å². The van der Waals surface area contributed by atoms with Crippen molar-refractivity contribution in [1.82, 2.24) is 0 Å². The molecule has 0 aromatic heterocycles. The van der Waals surface area contributed by atoms with E-state index >= 15 is 0 Å². The lowest BCUT2D eigenvalue weighted by molar-refractivity contribution is 0.0167. The molecule has 0 atom stereocenters. The minimum atomic E-state index is -0.510. The highest BCUT2D eigenvalue weighted by atomic mass is 127. The summed E-state index contributed by atoms with van der Waals surface area (Å²) in [5.41, 5.74) is 0.586. The lowest BCUT2D eigenvalue weighted by atomic mass is 9.85.